The van der Waals surface area contributed by atoms with Crippen molar-refractivity contribution in [1.29, 1.82) is 0 Å². The second-order valence-corrected chi connectivity index (χ2v) is 4.86. The largest absolute Gasteiger partial charge is 0.253 e. The van der Waals surface area contributed by atoms with Crippen molar-refractivity contribution >= 4 is 0 Å². The Morgan fingerprint density at radius 1 is 1.00 bits per heavy atom. The lowest BCUT2D eigenvalue weighted by Gasteiger charge is -2.11. The van der Waals surface area contributed by atoms with Crippen LogP contribution in [0.1, 0.15) is 44.7 Å². The van der Waals surface area contributed by atoms with Gasteiger partial charge in [-0.3, -0.25) is 4.98 Å². The monoisotopic (exact) mass is 239 g/mol. The first-order valence-corrected chi connectivity index (χ1v) is 6.83. The van der Waals surface area contributed by atoms with E-state index in [-0.39, 0.29) is 0 Å². The average molecular weight is 239 g/mol. The van der Waals surface area contributed by atoms with E-state index in [0.717, 1.165) is 5.69 Å². The van der Waals surface area contributed by atoms with Gasteiger partial charge in [-0.05, 0) is 24.5 Å². The molecule has 0 aliphatic heterocycles. The molecule has 2 rings (SSSR count). The highest BCUT2D eigenvalue weighted by atomic mass is 14.7. The maximum atomic E-state index is 4.80. The van der Waals surface area contributed by atoms with Crippen LogP contribution in [0.4, 0.5) is 0 Å². The van der Waals surface area contributed by atoms with Gasteiger partial charge < -0.3 is 0 Å². The van der Waals surface area contributed by atoms with Gasteiger partial charge in [-0.1, -0.05) is 63.1 Å². The van der Waals surface area contributed by atoms with E-state index in [1.807, 2.05) is 6.07 Å². The predicted octanol–water partition coefficient (Wildman–Crippen LogP) is 5.04. The van der Waals surface area contributed by atoms with E-state index >= 15 is 0 Å². The number of aromatic nitrogens is 1. The molecule has 0 amide bonds. The minimum atomic E-state index is 0.550. The summed E-state index contributed by atoms with van der Waals surface area (Å²) in [6.45, 7) is 4.51. The van der Waals surface area contributed by atoms with E-state index in [1.165, 1.54) is 30.5 Å². The molecule has 0 bridgehead atoms. The molecule has 18 heavy (non-hydrogen) atoms. The minimum absolute atomic E-state index is 0.550. The number of hydrogen-bond acceptors (Lipinski definition) is 1. The Balaban J connectivity index is 2.20. The van der Waals surface area contributed by atoms with Gasteiger partial charge in [0.1, 0.15) is 0 Å². The Bertz CT molecular complexity index is 476. The highest BCUT2D eigenvalue weighted by Crippen LogP contribution is 2.23. The quantitative estimate of drug-likeness (QED) is 0.712. The Morgan fingerprint density at radius 3 is 2.50 bits per heavy atom. The number of hydrogen-bond donors (Lipinski definition) is 0. The molecular weight excluding hydrogens is 218 g/mol. The highest BCUT2D eigenvalue weighted by molar-refractivity contribution is 5.58. The molecular formula is C17H21N. The summed E-state index contributed by atoms with van der Waals surface area (Å²) in [5.74, 6) is 0.550. The third kappa shape index (κ3) is 3.19. The first-order valence-electron chi connectivity index (χ1n) is 6.83. The Morgan fingerprint density at radius 2 is 1.78 bits per heavy atom. The summed E-state index contributed by atoms with van der Waals surface area (Å²) in [6, 6.07) is 16.7. The van der Waals surface area contributed by atoms with Crippen molar-refractivity contribution in [3.63, 3.8) is 0 Å². The van der Waals surface area contributed by atoms with Gasteiger partial charge in [0.15, 0.2) is 0 Å². The van der Waals surface area contributed by atoms with Gasteiger partial charge in [-0.15, -0.1) is 0 Å². The summed E-state index contributed by atoms with van der Waals surface area (Å²) in [7, 11) is 0. The average Bonchev–Trinajstić information content (AvgIpc) is 2.46. The van der Waals surface area contributed by atoms with E-state index in [0.29, 0.717) is 5.92 Å². The van der Waals surface area contributed by atoms with Crippen LogP contribution in [-0.4, -0.2) is 4.98 Å². The maximum Gasteiger partial charge on any atom is 0.0705 e. The first-order chi connectivity index (χ1) is 8.81. The molecule has 0 aliphatic carbocycles. The van der Waals surface area contributed by atoms with Crippen molar-refractivity contribution in [3.05, 3.63) is 54.2 Å². The van der Waals surface area contributed by atoms with Gasteiger partial charge >= 0.3 is 0 Å². The fraction of sp³-hybridized carbons (Fsp3) is 0.353. The van der Waals surface area contributed by atoms with Crippen molar-refractivity contribution in [1.82, 2.24) is 4.98 Å². The van der Waals surface area contributed by atoms with Crippen LogP contribution in [0.2, 0.25) is 0 Å². The van der Waals surface area contributed by atoms with Crippen molar-refractivity contribution in [2.45, 2.75) is 39.0 Å². The van der Waals surface area contributed by atoms with Crippen LogP contribution in [0.25, 0.3) is 11.3 Å². The molecule has 0 radical (unpaired) electrons. The standard InChI is InChI=1S/C17H21N/c1-3-4-9-14(2)16-12-8-13-17(18-16)15-10-6-5-7-11-15/h5-8,10-14H,3-4,9H2,1-2H3. The fourth-order valence-corrected chi connectivity index (χ4v) is 2.15. The molecule has 1 unspecified atom stereocenters. The van der Waals surface area contributed by atoms with Crippen LogP contribution in [0.5, 0.6) is 0 Å². The molecule has 1 aromatic carbocycles. The van der Waals surface area contributed by atoms with Gasteiger partial charge in [0.25, 0.3) is 0 Å². The normalized spacial score (nSPS) is 12.3. The molecule has 1 heterocycles. The summed E-state index contributed by atoms with van der Waals surface area (Å²) < 4.78 is 0. The van der Waals surface area contributed by atoms with Crippen LogP contribution >= 0.6 is 0 Å². The molecule has 0 fully saturated rings. The van der Waals surface area contributed by atoms with Crippen molar-refractivity contribution in [2.24, 2.45) is 0 Å². The van der Waals surface area contributed by atoms with Gasteiger partial charge in [-0.25, -0.2) is 0 Å². The third-order valence-electron chi connectivity index (χ3n) is 3.34. The zero-order chi connectivity index (χ0) is 12.8. The topological polar surface area (TPSA) is 12.9 Å². The van der Waals surface area contributed by atoms with Crippen LogP contribution in [0.15, 0.2) is 48.5 Å². The second-order valence-electron chi connectivity index (χ2n) is 4.86. The van der Waals surface area contributed by atoms with Gasteiger partial charge in [-0.2, -0.15) is 0 Å². The van der Waals surface area contributed by atoms with Crippen molar-refractivity contribution < 1.29 is 0 Å². The van der Waals surface area contributed by atoms with Crippen molar-refractivity contribution in [2.75, 3.05) is 0 Å². The molecule has 1 heteroatoms. The molecule has 0 aliphatic rings. The summed E-state index contributed by atoms with van der Waals surface area (Å²) >= 11 is 0. The highest BCUT2D eigenvalue weighted by Gasteiger charge is 2.07. The SMILES string of the molecule is CCCCC(C)c1cccc(-c2ccccc2)n1. The molecule has 0 saturated heterocycles. The first kappa shape index (κ1) is 12.8. The molecule has 1 nitrogen and oxygen atoms in total. The molecule has 2 aromatic rings. The lowest BCUT2D eigenvalue weighted by molar-refractivity contribution is 0.612. The van der Waals surface area contributed by atoms with Crippen LogP contribution in [-0.2, 0) is 0 Å². The maximum absolute atomic E-state index is 4.80. The van der Waals surface area contributed by atoms with Crippen LogP contribution in [0.3, 0.4) is 0 Å². The lowest BCUT2D eigenvalue weighted by atomic mass is 9.99. The number of rotatable bonds is 5. The number of nitrogens with zero attached hydrogens (tertiary/aromatic N) is 1. The molecule has 94 valence electrons. The van der Waals surface area contributed by atoms with Crippen LogP contribution in [0, 0.1) is 0 Å². The van der Waals surface area contributed by atoms with Crippen LogP contribution < -0.4 is 0 Å². The van der Waals surface area contributed by atoms with E-state index in [4.69, 9.17) is 4.98 Å². The lowest BCUT2D eigenvalue weighted by Crippen LogP contribution is -1.98. The molecule has 1 atom stereocenters. The number of benzene rings is 1. The van der Waals surface area contributed by atoms with E-state index in [9.17, 15) is 0 Å². The predicted molar refractivity (Wildman–Crippen MR) is 77.6 cm³/mol. The van der Waals surface area contributed by atoms with E-state index in [2.05, 4.69) is 56.3 Å². The number of unbranched alkanes of at least 4 members (excludes halogenated alkanes) is 1. The third-order valence-corrected chi connectivity index (χ3v) is 3.34. The summed E-state index contributed by atoms with van der Waals surface area (Å²) in [6.07, 6.45) is 3.75. The second kappa shape index (κ2) is 6.34. The molecule has 0 saturated carbocycles. The smallest absolute Gasteiger partial charge is 0.0705 e. The summed E-state index contributed by atoms with van der Waals surface area (Å²) in [5, 5.41) is 0. The van der Waals surface area contributed by atoms with Crippen molar-refractivity contribution in [3.8, 4) is 11.3 Å². The summed E-state index contributed by atoms with van der Waals surface area (Å²) in [4.78, 5) is 4.80. The van der Waals surface area contributed by atoms with Gasteiger partial charge in [0.2, 0.25) is 0 Å². The zero-order valence-corrected chi connectivity index (χ0v) is 11.3. The summed E-state index contributed by atoms with van der Waals surface area (Å²) in [5.41, 5.74) is 3.49. The van der Waals surface area contributed by atoms with Gasteiger partial charge in [0.05, 0.1) is 5.69 Å². The minimum Gasteiger partial charge on any atom is -0.253 e. The Labute approximate surface area is 110 Å². The molecule has 0 N–H and O–H groups in total. The van der Waals surface area contributed by atoms with E-state index in [1.54, 1.807) is 0 Å². The Kier molecular flexibility index (Phi) is 4.52. The zero-order valence-electron chi connectivity index (χ0n) is 11.3. The Hall–Kier alpha value is -1.63. The molecule has 0 spiro atoms. The molecule has 1 aromatic heterocycles. The van der Waals surface area contributed by atoms with Gasteiger partial charge in [0, 0.05) is 11.3 Å². The fourth-order valence-electron chi connectivity index (χ4n) is 2.15. The van der Waals surface area contributed by atoms with E-state index < -0.39 is 0 Å². The number of pyridine rings is 1.